The lowest BCUT2D eigenvalue weighted by molar-refractivity contribution is -0.136. The van der Waals surface area contributed by atoms with Crippen LogP contribution < -0.4 is 19.3 Å². The molecule has 2 heterocycles. The number of ether oxygens (including phenoxy) is 2. The minimum Gasteiger partial charge on any atom is -0.497 e. The van der Waals surface area contributed by atoms with E-state index in [4.69, 9.17) is 9.47 Å². The summed E-state index contributed by atoms with van der Waals surface area (Å²) in [4.78, 5) is 31.4. The first kappa shape index (κ1) is 20.1. The largest absolute Gasteiger partial charge is 0.497 e. The predicted octanol–water partition coefficient (Wildman–Crippen LogP) is 2.41. The molecular weight excluding hydrogens is 382 g/mol. The Morgan fingerprint density at radius 2 is 1.63 bits per heavy atom. The molecule has 2 saturated heterocycles. The molecule has 2 amide bonds. The van der Waals surface area contributed by atoms with Gasteiger partial charge in [-0.05, 0) is 36.4 Å². The molecule has 2 aliphatic rings. The van der Waals surface area contributed by atoms with E-state index >= 15 is 0 Å². The molecule has 0 saturated carbocycles. The Morgan fingerprint density at radius 3 is 2.30 bits per heavy atom. The van der Waals surface area contributed by atoms with Gasteiger partial charge in [0.15, 0.2) is 0 Å². The van der Waals surface area contributed by atoms with Gasteiger partial charge in [0.1, 0.15) is 11.5 Å². The van der Waals surface area contributed by atoms with Crippen LogP contribution in [0.5, 0.6) is 11.5 Å². The molecule has 1 atom stereocenters. The lowest BCUT2D eigenvalue weighted by Crippen LogP contribution is -2.50. The van der Waals surface area contributed by atoms with Crippen molar-refractivity contribution in [3.8, 4) is 11.5 Å². The Labute approximate surface area is 176 Å². The summed E-state index contributed by atoms with van der Waals surface area (Å²) in [5.41, 5.74) is 1.85. The third-order valence-electron chi connectivity index (χ3n) is 5.88. The van der Waals surface area contributed by atoms with E-state index in [1.165, 1.54) is 0 Å². The highest BCUT2D eigenvalue weighted by Crippen LogP contribution is 2.30. The lowest BCUT2D eigenvalue weighted by atomic mass is 10.1. The van der Waals surface area contributed by atoms with Gasteiger partial charge in [0, 0.05) is 44.8 Å². The van der Waals surface area contributed by atoms with E-state index in [1.807, 2.05) is 53.4 Å². The van der Waals surface area contributed by atoms with Gasteiger partial charge < -0.3 is 24.2 Å². The third-order valence-corrected chi connectivity index (χ3v) is 5.88. The Balaban J connectivity index is 1.37. The minimum absolute atomic E-state index is 0.00817. The summed E-state index contributed by atoms with van der Waals surface area (Å²) in [6.45, 7) is 3.20. The molecule has 4 rings (SSSR count). The second-order valence-electron chi connectivity index (χ2n) is 7.59. The first-order valence-corrected chi connectivity index (χ1v) is 10.2. The van der Waals surface area contributed by atoms with Gasteiger partial charge in [-0.15, -0.1) is 0 Å². The maximum absolute atomic E-state index is 13.1. The third kappa shape index (κ3) is 3.92. The highest BCUT2D eigenvalue weighted by Gasteiger charge is 2.38. The molecule has 7 nitrogen and oxygen atoms in total. The number of piperazine rings is 1. The van der Waals surface area contributed by atoms with Gasteiger partial charge in [-0.1, -0.05) is 12.1 Å². The van der Waals surface area contributed by atoms with Crippen molar-refractivity contribution in [2.45, 2.75) is 6.42 Å². The van der Waals surface area contributed by atoms with E-state index < -0.39 is 0 Å². The number of anilines is 2. The molecule has 0 unspecified atom stereocenters. The Hall–Kier alpha value is -3.22. The van der Waals surface area contributed by atoms with Crippen LogP contribution in [0.25, 0.3) is 0 Å². The van der Waals surface area contributed by atoms with E-state index in [9.17, 15) is 9.59 Å². The molecule has 2 aliphatic heterocycles. The van der Waals surface area contributed by atoms with E-state index in [0.29, 0.717) is 19.6 Å². The smallest absolute Gasteiger partial charge is 0.228 e. The van der Waals surface area contributed by atoms with Crippen molar-refractivity contribution in [2.24, 2.45) is 5.92 Å². The summed E-state index contributed by atoms with van der Waals surface area (Å²) in [6, 6.07) is 15.3. The fraction of sp³-hybridized carbons (Fsp3) is 0.391. The van der Waals surface area contributed by atoms with Gasteiger partial charge in [-0.25, -0.2) is 0 Å². The maximum Gasteiger partial charge on any atom is 0.228 e. The second-order valence-corrected chi connectivity index (χ2v) is 7.59. The van der Waals surface area contributed by atoms with E-state index in [2.05, 4.69) is 4.90 Å². The van der Waals surface area contributed by atoms with Crippen molar-refractivity contribution < 1.29 is 19.1 Å². The molecule has 0 aromatic heterocycles. The second kappa shape index (κ2) is 8.65. The van der Waals surface area contributed by atoms with Gasteiger partial charge in [-0.3, -0.25) is 9.59 Å². The van der Waals surface area contributed by atoms with E-state index in [-0.39, 0.29) is 24.2 Å². The number of carbonyl (C=O) groups excluding carboxylic acids is 2. The molecule has 158 valence electrons. The van der Waals surface area contributed by atoms with E-state index in [1.54, 1.807) is 19.1 Å². The number of para-hydroxylation sites is 2. The molecule has 0 N–H and O–H groups in total. The summed E-state index contributed by atoms with van der Waals surface area (Å²) >= 11 is 0. The molecule has 2 aromatic carbocycles. The molecule has 30 heavy (non-hydrogen) atoms. The normalized spacial score (nSPS) is 19.2. The lowest BCUT2D eigenvalue weighted by Gasteiger charge is -2.37. The average molecular weight is 409 g/mol. The van der Waals surface area contributed by atoms with Crippen molar-refractivity contribution >= 4 is 23.2 Å². The van der Waals surface area contributed by atoms with Crippen molar-refractivity contribution in [3.63, 3.8) is 0 Å². The summed E-state index contributed by atoms with van der Waals surface area (Å²) in [5, 5.41) is 0. The molecule has 0 spiro atoms. The fourth-order valence-corrected chi connectivity index (χ4v) is 4.20. The zero-order valence-corrected chi connectivity index (χ0v) is 17.4. The first-order chi connectivity index (χ1) is 14.6. The van der Waals surface area contributed by atoms with Crippen LogP contribution in [0.4, 0.5) is 11.4 Å². The van der Waals surface area contributed by atoms with Gasteiger partial charge in [0.25, 0.3) is 0 Å². The van der Waals surface area contributed by atoms with Crippen LogP contribution in [0, 0.1) is 5.92 Å². The standard InChI is InChI=1S/C23H27N3O4/c1-29-19-9-7-18(8-10-19)26-16-17(15-22(26)27)23(28)25-13-11-24(12-14-25)20-5-3-4-6-21(20)30-2/h3-10,17H,11-16H2,1-2H3/t17-/m1/s1. The molecular formula is C23H27N3O4. The molecule has 2 fully saturated rings. The van der Waals surface area contributed by atoms with Crippen LogP contribution in [0.2, 0.25) is 0 Å². The summed E-state index contributed by atoms with van der Waals surface area (Å²) < 4.78 is 10.6. The Bertz CT molecular complexity index is 907. The first-order valence-electron chi connectivity index (χ1n) is 10.2. The Morgan fingerprint density at radius 1 is 0.933 bits per heavy atom. The SMILES string of the molecule is COc1ccc(N2C[C@H](C(=O)N3CCN(c4ccccc4OC)CC3)CC2=O)cc1. The number of hydrogen-bond acceptors (Lipinski definition) is 5. The van der Waals surface area contributed by atoms with Crippen LogP contribution in [0.3, 0.4) is 0 Å². The number of benzene rings is 2. The monoisotopic (exact) mass is 409 g/mol. The van der Waals surface area contributed by atoms with Crippen LogP contribution in [-0.4, -0.2) is 63.7 Å². The summed E-state index contributed by atoms with van der Waals surface area (Å²) in [5.74, 6) is 1.35. The van der Waals surface area contributed by atoms with Crippen molar-refractivity contribution in [2.75, 3.05) is 56.7 Å². The average Bonchev–Trinajstić information content (AvgIpc) is 3.20. The van der Waals surface area contributed by atoms with Crippen molar-refractivity contribution in [3.05, 3.63) is 48.5 Å². The number of carbonyl (C=O) groups is 2. The van der Waals surface area contributed by atoms with Crippen LogP contribution >= 0.6 is 0 Å². The highest BCUT2D eigenvalue weighted by molar-refractivity contribution is 6.00. The number of rotatable bonds is 5. The zero-order chi connectivity index (χ0) is 21.1. The topological polar surface area (TPSA) is 62.3 Å². The molecule has 0 aliphatic carbocycles. The zero-order valence-electron chi connectivity index (χ0n) is 17.4. The number of nitrogens with zero attached hydrogens (tertiary/aromatic N) is 3. The summed E-state index contributed by atoms with van der Waals surface area (Å²) in [6.07, 6.45) is 0.261. The van der Waals surface area contributed by atoms with Gasteiger partial charge in [0.05, 0.1) is 25.8 Å². The highest BCUT2D eigenvalue weighted by atomic mass is 16.5. The molecule has 0 bridgehead atoms. The van der Waals surface area contributed by atoms with Crippen LogP contribution in [0.15, 0.2) is 48.5 Å². The quantitative estimate of drug-likeness (QED) is 0.759. The fourth-order valence-electron chi connectivity index (χ4n) is 4.20. The van der Waals surface area contributed by atoms with Gasteiger partial charge >= 0.3 is 0 Å². The maximum atomic E-state index is 13.1. The molecule has 2 aromatic rings. The van der Waals surface area contributed by atoms with Crippen molar-refractivity contribution in [1.29, 1.82) is 0 Å². The van der Waals surface area contributed by atoms with E-state index in [0.717, 1.165) is 36.0 Å². The van der Waals surface area contributed by atoms with Gasteiger partial charge in [0.2, 0.25) is 11.8 Å². The van der Waals surface area contributed by atoms with Crippen molar-refractivity contribution in [1.82, 2.24) is 4.90 Å². The number of methoxy groups -OCH3 is 2. The molecule has 0 radical (unpaired) electrons. The Kier molecular flexibility index (Phi) is 5.79. The molecule has 7 heteroatoms. The summed E-state index contributed by atoms with van der Waals surface area (Å²) in [7, 11) is 3.28. The van der Waals surface area contributed by atoms with Crippen LogP contribution in [0.1, 0.15) is 6.42 Å². The predicted molar refractivity (Wildman–Crippen MR) is 115 cm³/mol. The van der Waals surface area contributed by atoms with Gasteiger partial charge in [-0.2, -0.15) is 0 Å². The minimum atomic E-state index is -0.294. The van der Waals surface area contributed by atoms with Crippen LogP contribution in [-0.2, 0) is 9.59 Å². The number of amides is 2. The number of hydrogen-bond donors (Lipinski definition) is 0.